The summed E-state index contributed by atoms with van der Waals surface area (Å²) in [6.07, 6.45) is 2.55. The quantitative estimate of drug-likeness (QED) is 0.513. The summed E-state index contributed by atoms with van der Waals surface area (Å²) in [6, 6.07) is 8.91. The Labute approximate surface area is 131 Å². The monoisotopic (exact) mass is 305 g/mol. The van der Waals surface area contributed by atoms with Gasteiger partial charge >= 0.3 is 5.97 Å². The number of carboxylic acids is 1. The van der Waals surface area contributed by atoms with Crippen molar-refractivity contribution in [3.8, 4) is 0 Å². The number of ether oxygens (including phenoxy) is 1. The Bertz CT molecular complexity index is 501. The standard InChI is InChI=1S/C17H23NO4/c1-3-11-22-12-7-10-15(19)18-13-17(2,16(20)21)14-8-5-4-6-9-14/h3-6,8-9H,1,7,10-13H2,2H3,(H,18,19)(H,20,21). The predicted octanol–water partition coefficient (Wildman–Crippen LogP) is 2.13. The van der Waals surface area contributed by atoms with Crippen LogP contribution in [0.4, 0.5) is 0 Å². The summed E-state index contributed by atoms with van der Waals surface area (Å²) >= 11 is 0. The summed E-state index contributed by atoms with van der Waals surface area (Å²) in [6.45, 7) is 6.14. The lowest BCUT2D eigenvalue weighted by atomic mass is 9.82. The fourth-order valence-electron chi connectivity index (χ4n) is 1.97. The van der Waals surface area contributed by atoms with Crippen LogP contribution in [0.3, 0.4) is 0 Å². The second kappa shape index (κ2) is 9.00. The maximum absolute atomic E-state index is 11.8. The maximum Gasteiger partial charge on any atom is 0.315 e. The normalized spacial score (nSPS) is 13.1. The van der Waals surface area contributed by atoms with Gasteiger partial charge in [-0.2, -0.15) is 0 Å². The molecule has 2 N–H and O–H groups in total. The number of rotatable bonds is 10. The molecule has 0 aliphatic heterocycles. The first kappa shape index (κ1) is 17.9. The van der Waals surface area contributed by atoms with Crippen LogP contribution in [0, 0.1) is 0 Å². The van der Waals surface area contributed by atoms with Crippen molar-refractivity contribution in [1.29, 1.82) is 0 Å². The van der Waals surface area contributed by atoms with E-state index in [0.717, 1.165) is 0 Å². The average Bonchev–Trinajstić information content (AvgIpc) is 2.53. The minimum atomic E-state index is -1.14. The van der Waals surface area contributed by atoms with Crippen LogP contribution in [0.1, 0.15) is 25.3 Å². The highest BCUT2D eigenvalue weighted by Crippen LogP contribution is 2.23. The minimum Gasteiger partial charge on any atom is -0.481 e. The molecule has 5 heteroatoms. The van der Waals surface area contributed by atoms with Crippen molar-refractivity contribution in [2.45, 2.75) is 25.2 Å². The van der Waals surface area contributed by atoms with Gasteiger partial charge in [0, 0.05) is 19.6 Å². The first-order chi connectivity index (χ1) is 10.5. The molecule has 1 unspecified atom stereocenters. The number of amides is 1. The number of carbonyl (C=O) groups is 2. The largest absolute Gasteiger partial charge is 0.481 e. The number of carbonyl (C=O) groups excluding carboxylic acids is 1. The Morgan fingerprint density at radius 1 is 1.36 bits per heavy atom. The summed E-state index contributed by atoms with van der Waals surface area (Å²) in [7, 11) is 0. The molecule has 22 heavy (non-hydrogen) atoms. The Morgan fingerprint density at radius 3 is 2.64 bits per heavy atom. The molecule has 120 valence electrons. The van der Waals surface area contributed by atoms with Crippen molar-refractivity contribution in [1.82, 2.24) is 5.32 Å². The number of carboxylic acid groups (broad SMARTS) is 1. The van der Waals surface area contributed by atoms with Gasteiger partial charge in [0.05, 0.1) is 6.61 Å². The molecule has 1 aromatic rings. The van der Waals surface area contributed by atoms with E-state index in [-0.39, 0.29) is 12.5 Å². The fourth-order valence-corrected chi connectivity index (χ4v) is 1.97. The summed E-state index contributed by atoms with van der Waals surface area (Å²) in [5.41, 5.74) is -0.479. The molecule has 0 aromatic heterocycles. The van der Waals surface area contributed by atoms with Gasteiger partial charge in [-0.25, -0.2) is 0 Å². The molecule has 0 saturated heterocycles. The van der Waals surface area contributed by atoms with Crippen molar-refractivity contribution >= 4 is 11.9 Å². The number of benzene rings is 1. The zero-order valence-electron chi connectivity index (χ0n) is 12.9. The van der Waals surface area contributed by atoms with Crippen molar-refractivity contribution in [2.75, 3.05) is 19.8 Å². The van der Waals surface area contributed by atoms with Crippen molar-refractivity contribution in [3.63, 3.8) is 0 Å². The molecular weight excluding hydrogens is 282 g/mol. The van der Waals surface area contributed by atoms with E-state index in [1.807, 2.05) is 6.07 Å². The van der Waals surface area contributed by atoms with E-state index in [4.69, 9.17) is 4.74 Å². The van der Waals surface area contributed by atoms with Crippen LogP contribution >= 0.6 is 0 Å². The molecule has 0 heterocycles. The first-order valence-corrected chi connectivity index (χ1v) is 7.25. The third-order valence-corrected chi connectivity index (χ3v) is 3.45. The SMILES string of the molecule is C=CCOCCCC(=O)NCC(C)(C(=O)O)c1ccccc1. The summed E-state index contributed by atoms with van der Waals surface area (Å²) in [5, 5.41) is 12.2. The number of hydrogen-bond acceptors (Lipinski definition) is 3. The van der Waals surface area contributed by atoms with Gasteiger partial charge in [0.2, 0.25) is 5.91 Å². The number of aliphatic carboxylic acids is 1. The van der Waals surface area contributed by atoms with Crippen LogP contribution in [0.2, 0.25) is 0 Å². The summed E-state index contributed by atoms with van der Waals surface area (Å²) < 4.78 is 5.19. The van der Waals surface area contributed by atoms with Crippen LogP contribution in [-0.2, 0) is 19.7 Å². The van der Waals surface area contributed by atoms with Crippen LogP contribution in [-0.4, -0.2) is 36.7 Å². The molecule has 0 fully saturated rings. The summed E-state index contributed by atoms with van der Waals surface area (Å²) in [5.74, 6) is -1.14. The highest BCUT2D eigenvalue weighted by atomic mass is 16.5. The maximum atomic E-state index is 11.8. The van der Waals surface area contributed by atoms with E-state index < -0.39 is 11.4 Å². The van der Waals surface area contributed by atoms with Gasteiger partial charge in [-0.3, -0.25) is 9.59 Å². The molecule has 0 aliphatic rings. The lowest BCUT2D eigenvalue weighted by Crippen LogP contribution is -2.44. The first-order valence-electron chi connectivity index (χ1n) is 7.25. The third kappa shape index (κ3) is 5.33. The fraction of sp³-hybridized carbons (Fsp3) is 0.412. The molecule has 1 aromatic carbocycles. The van der Waals surface area contributed by atoms with Gasteiger partial charge in [0.15, 0.2) is 0 Å². The Morgan fingerprint density at radius 2 is 2.05 bits per heavy atom. The van der Waals surface area contributed by atoms with Gasteiger partial charge in [0.25, 0.3) is 0 Å². The van der Waals surface area contributed by atoms with Crippen LogP contribution < -0.4 is 5.32 Å². The smallest absolute Gasteiger partial charge is 0.315 e. The highest BCUT2D eigenvalue weighted by Gasteiger charge is 2.35. The second-order valence-corrected chi connectivity index (χ2v) is 5.25. The van der Waals surface area contributed by atoms with E-state index in [0.29, 0.717) is 31.6 Å². The lowest BCUT2D eigenvalue weighted by molar-refractivity contribution is -0.143. The summed E-state index contributed by atoms with van der Waals surface area (Å²) in [4.78, 5) is 23.4. The zero-order chi connectivity index (χ0) is 16.4. The van der Waals surface area contributed by atoms with Gasteiger partial charge in [-0.15, -0.1) is 6.58 Å². The Balaban J connectivity index is 2.50. The molecule has 0 spiro atoms. The van der Waals surface area contributed by atoms with Crippen molar-refractivity contribution in [3.05, 3.63) is 48.6 Å². The molecule has 1 amide bonds. The van der Waals surface area contributed by atoms with E-state index in [1.54, 1.807) is 37.3 Å². The molecule has 1 atom stereocenters. The van der Waals surface area contributed by atoms with E-state index in [2.05, 4.69) is 11.9 Å². The second-order valence-electron chi connectivity index (χ2n) is 5.25. The third-order valence-electron chi connectivity index (χ3n) is 3.45. The predicted molar refractivity (Wildman–Crippen MR) is 84.7 cm³/mol. The highest BCUT2D eigenvalue weighted by molar-refractivity contribution is 5.83. The molecule has 0 bridgehead atoms. The van der Waals surface area contributed by atoms with Gasteiger partial charge in [-0.1, -0.05) is 36.4 Å². The number of nitrogens with one attached hydrogen (secondary N) is 1. The van der Waals surface area contributed by atoms with E-state index >= 15 is 0 Å². The van der Waals surface area contributed by atoms with Crippen LogP contribution in [0.15, 0.2) is 43.0 Å². The van der Waals surface area contributed by atoms with Gasteiger partial charge in [0.1, 0.15) is 5.41 Å². The van der Waals surface area contributed by atoms with Gasteiger partial charge in [-0.05, 0) is 18.9 Å². The molecule has 0 saturated carbocycles. The molecule has 0 aliphatic carbocycles. The topological polar surface area (TPSA) is 75.6 Å². The van der Waals surface area contributed by atoms with Gasteiger partial charge < -0.3 is 15.2 Å². The van der Waals surface area contributed by atoms with Crippen molar-refractivity contribution in [2.24, 2.45) is 0 Å². The number of hydrogen-bond donors (Lipinski definition) is 2. The molecule has 5 nitrogen and oxygen atoms in total. The van der Waals surface area contributed by atoms with Crippen LogP contribution in [0.25, 0.3) is 0 Å². The molecular formula is C17H23NO4. The van der Waals surface area contributed by atoms with E-state index in [9.17, 15) is 14.7 Å². The molecule has 1 rings (SSSR count). The average molecular weight is 305 g/mol. The van der Waals surface area contributed by atoms with E-state index in [1.165, 1.54) is 0 Å². The minimum absolute atomic E-state index is 0.0543. The molecule has 0 radical (unpaired) electrons. The van der Waals surface area contributed by atoms with Crippen LogP contribution in [0.5, 0.6) is 0 Å². The van der Waals surface area contributed by atoms with Crippen molar-refractivity contribution < 1.29 is 19.4 Å². The lowest BCUT2D eigenvalue weighted by Gasteiger charge is -2.25. The Kier molecular flexibility index (Phi) is 7.32. The Hall–Kier alpha value is -2.14. The zero-order valence-corrected chi connectivity index (χ0v) is 12.9.